The van der Waals surface area contributed by atoms with Crippen LogP contribution in [0.4, 0.5) is 5.69 Å². The predicted molar refractivity (Wildman–Crippen MR) is 63.7 cm³/mol. The Hall–Kier alpha value is -1.06. The van der Waals surface area contributed by atoms with E-state index in [0.29, 0.717) is 22.9 Å². The first-order valence-corrected chi connectivity index (χ1v) is 5.72. The number of carbonyl (C=O) groups excluding carboxylic acids is 1. The van der Waals surface area contributed by atoms with E-state index >= 15 is 0 Å². The zero-order valence-corrected chi connectivity index (χ0v) is 9.67. The first-order valence-electron chi connectivity index (χ1n) is 5.35. The average Bonchev–Trinajstić information content (AvgIpc) is 2.28. The normalized spacial score (nSPS) is 20.7. The molecular formula is C12H14ClNO2. The Morgan fingerprint density at radius 3 is 2.88 bits per heavy atom. The van der Waals surface area contributed by atoms with Gasteiger partial charge in [0.25, 0.3) is 0 Å². The van der Waals surface area contributed by atoms with E-state index < -0.39 is 0 Å². The molecule has 0 amide bonds. The van der Waals surface area contributed by atoms with Gasteiger partial charge in [0, 0.05) is 28.8 Å². The number of rotatable bonds is 2. The Labute approximate surface area is 99.5 Å². The Morgan fingerprint density at radius 2 is 2.25 bits per heavy atom. The van der Waals surface area contributed by atoms with E-state index in [-0.39, 0.29) is 11.7 Å². The van der Waals surface area contributed by atoms with Crippen LogP contribution in [0.2, 0.25) is 5.02 Å². The molecule has 16 heavy (non-hydrogen) atoms. The third kappa shape index (κ3) is 2.54. The Bertz CT molecular complexity index is 380. The summed E-state index contributed by atoms with van der Waals surface area (Å²) in [5.41, 5.74) is 6.76. The number of ether oxygens (including phenoxy) is 1. The van der Waals surface area contributed by atoms with Gasteiger partial charge in [-0.25, -0.2) is 0 Å². The summed E-state index contributed by atoms with van der Waals surface area (Å²) in [6.45, 7) is 1.26. The summed E-state index contributed by atoms with van der Waals surface area (Å²) in [5, 5.41) is 0.500. The quantitative estimate of drug-likeness (QED) is 0.637. The van der Waals surface area contributed by atoms with Gasteiger partial charge in [-0.15, -0.1) is 0 Å². The summed E-state index contributed by atoms with van der Waals surface area (Å²) >= 11 is 5.87. The van der Waals surface area contributed by atoms with Crippen molar-refractivity contribution in [3.8, 4) is 0 Å². The number of carbonyl (C=O) groups is 1. The van der Waals surface area contributed by atoms with Crippen LogP contribution in [-0.2, 0) is 4.74 Å². The van der Waals surface area contributed by atoms with E-state index in [1.54, 1.807) is 18.2 Å². The van der Waals surface area contributed by atoms with Crippen LogP contribution in [0.5, 0.6) is 0 Å². The molecule has 1 aromatic carbocycles. The highest BCUT2D eigenvalue weighted by Crippen LogP contribution is 2.23. The molecule has 0 spiro atoms. The molecule has 1 unspecified atom stereocenters. The minimum Gasteiger partial charge on any atom is -0.399 e. The fourth-order valence-corrected chi connectivity index (χ4v) is 2.18. The van der Waals surface area contributed by atoms with Gasteiger partial charge in [-0.1, -0.05) is 11.6 Å². The van der Waals surface area contributed by atoms with Crippen LogP contribution in [0.3, 0.4) is 0 Å². The molecule has 1 fully saturated rings. The van der Waals surface area contributed by atoms with E-state index in [1.165, 1.54) is 0 Å². The predicted octanol–water partition coefficient (Wildman–Crippen LogP) is 2.53. The lowest BCUT2D eigenvalue weighted by atomic mass is 9.92. The van der Waals surface area contributed by atoms with E-state index in [9.17, 15) is 4.79 Å². The van der Waals surface area contributed by atoms with Crippen LogP contribution in [0.15, 0.2) is 18.2 Å². The van der Waals surface area contributed by atoms with Gasteiger partial charge in [0.1, 0.15) is 0 Å². The maximum absolute atomic E-state index is 12.1. The van der Waals surface area contributed by atoms with Crippen molar-refractivity contribution in [3.63, 3.8) is 0 Å². The lowest BCUT2D eigenvalue weighted by Gasteiger charge is -2.21. The van der Waals surface area contributed by atoms with Crippen LogP contribution in [0.25, 0.3) is 0 Å². The van der Waals surface area contributed by atoms with E-state index in [1.807, 2.05) is 0 Å². The third-order valence-corrected chi connectivity index (χ3v) is 2.95. The number of nitrogens with two attached hydrogens (primary N) is 1. The van der Waals surface area contributed by atoms with Crippen molar-refractivity contribution in [3.05, 3.63) is 28.8 Å². The highest BCUT2D eigenvalue weighted by atomic mass is 35.5. The van der Waals surface area contributed by atoms with Crippen molar-refractivity contribution in [1.29, 1.82) is 0 Å². The van der Waals surface area contributed by atoms with Crippen molar-refractivity contribution in [2.75, 3.05) is 18.9 Å². The zero-order valence-electron chi connectivity index (χ0n) is 8.91. The molecule has 1 aliphatic rings. The maximum Gasteiger partial charge on any atom is 0.168 e. The Kier molecular flexibility index (Phi) is 3.46. The van der Waals surface area contributed by atoms with Gasteiger partial charge in [0.2, 0.25) is 0 Å². The second kappa shape index (κ2) is 4.85. The van der Waals surface area contributed by atoms with Crippen LogP contribution in [0.1, 0.15) is 23.2 Å². The summed E-state index contributed by atoms with van der Waals surface area (Å²) in [6.07, 6.45) is 1.82. The SMILES string of the molecule is Nc1cc(Cl)cc(C(=O)C2CCCOC2)c1. The first-order chi connectivity index (χ1) is 7.66. The molecule has 1 aromatic rings. The minimum absolute atomic E-state index is 0.0494. The van der Waals surface area contributed by atoms with E-state index in [4.69, 9.17) is 22.1 Å². The molecule has 86 valence electrons. The summed E-state index contributed by atoms with van der Waals surface area (Å²) in [7, 11) is 0. The number of benzene rings is 1. The molecule has 2 rings (SSSR count). The molecule has 0 aliphatic carbocycles. The third-order valence-electron chi connectivity index (χ3n) is 2.74. The van der Waals surface area contributed by atoms with Crippen LogP contribution < -0.4 is 5.73 Å². The average molecular weight is 240 g/mol. The van der Waals surface area contributed by atoms with Gasteiger partial charge in [-0.2, -0.15) is 0 Å². The van der Waals surface area contributed by atoms with Crippen molar-refractivity contribution in [1.82, 2.24) is 0 Å². The van der Waals surface area contributed by atoms with Crippen LogP contribution in [-0.4, -0.2) is 19.0 Å². The fourth-order valence-electron chi connectivity index (χ4n) is 1.94. The first kappa shape index (κ1) is 11.4. The molecule has 0 bridgehead atoms. The highest BCUT2D eigenvalue weighted by Gasteiger charge is 2.23. The Balaban J connectivity index is 2.19. The summed E-state index contributed by atoms with van der Waals surface area (Å²) < 4.78 is 5.30. The summed E-state index contributed by atoms with van der Waals surface area (Å²) in [5.74, 6) is 0.0283. The number of hydrogen-bond donors (Lipinski definition) is 1. The number of anilines is 1. The standard InChI is InChI=1S/C12H14ClNO2/c13-10-4-9(5-11(14)6-10)12(15)8-2-1-3-16-7-8/h4-6,8H,1-3,7,14H2. The summed E-state index contributed by atoms with van der Waals surface area (Å²) in [4.78, 5) is 12.1. The second-order valence-corrected chi connectivity index (χ2v) is 4.49. The van der Waals surface area contributed by atoms with Crippen molar-refractivity contribution >= 4 is 23.1 Å². The molecular weight excluding hydrogens is 226 g/mol. The van der Waals surface area contributed by atoms with Crippen LogP contribution in [0, 0.1) is 5.92 Å². The van der Waals surface area contributed by atoms with E-state index in [0.717, 1.165) is 19.4 Å². The van der Waals surface area contributed by atoms with E-state index in [2.05, 4.69) is 0 Å². The monoisotopic (exact) mass is 239 g/mol. The molecule has 0 aromatic heterocycles. The zero-order chi connectivity index (χ0) is 11.5. The largest absolute Gasteiger partial charge is 0.399 e. The van der Waals surface area contributed by atoms with Gasteiger partial charge < -0.3 is 10.5 Å². The van der Waals surface area contributed by atoms with Gasteiger partial charge in [-0.3, -0.25) is 4.79 Å². The number of ketones is 1. The molecule has 1 saturated heterocycles. The number of Topliss-reactive ketones (excluding diaryl/α,β-unsaturated/α-hetero) is 1. The van der Waals surface area contributed by atoms with Gasteiger partial charge in [0.15, 0.2) is 5.78 Å². The molecule has 0 radical (unpaired) electrons. The van der Waals surface area contributed by atoms with Gasteiger partial charge in [-0.05, 0) is 31.0 Å². The topological polar surface area (TPSA) is 52.3 Å². The number of halogens is 1. The minimum atomic E-state index is -0.0494. The summed E-state index contributed by atoms with van der Waals surface area (Å²) in [6, 6.07) is 4.97. The van der Waals surface area contributed by atoms with Crippen molar-refractivity contribution in [2.45, 2.75) is 12.8 Å². The molecule has 1 atom stereocenters. The molecule has 4 heteroatoms. The Morgan fingerprint density at radius 1 is 1.44 bits per heavy atom. The molecule has 1 aliphatic heterocycles. The van der Waals surface area contributed by atoms with Crippen molar-refractivity contribution in [2.24, 2.45) is 5.92 Å². The van der Waals surface area contributed by atoms with Crippen molar-refractivity contribution < 1.29 is 9.53 Å². The number of nitrogen functional groups attached to an aromatic ring is 1. The molecule has 1 heterocycles. The van der Waals surface area contributed by atoms with Gasteiger partial charge >= 0.3 is 0 Å². The maximum atomic E-state index is 12.1. The lowest BCUT2D eigenvalue weighted by molar-refractivity contribution is 0.0461. The van der Waals surface area contributed by atoms with Crippen LogP contribution >= 0.6 is 11.6 Å². The lowest BCUT2D eigenvalue weighted by Crippen LogP contribution is -2.25. The fraction of sp³-hybridized carbons (Fsp3) is 0.417. The van der Waals surface area contributed by atoms with Gasteiger partial charge in [0.05, 0.1) is 6.61 Å². The second-order valence-electron chi connectivity index (χ2n) is 4.05. The smallest absolute Gasteiger partial charge is 0.168 e. The molecule has 2 N–H and O–H groups in total. The molecule has 0 saturated carbocycles. The molecule has 3 nitrogen and oxygen atoms in total. The highest BCUT2D eigenvalue weighted by molar-refractivity contribution is 6.31. The number of hydrogen-bond acceptors (Lipinski definition) is 3.